The number of halogens is 1. The van der Waals surface area contributed by atoms with Crippen LogP contribution in [0.4, 0.5) is 0 Å². The van der Waals surface area contributed by atoms with Crippen molar-refractivity contribution in [2.45, 2.75) is 19.0 Å². The van der Waals surface area contributed by atoms with Crippen LogP contribution in [0.25, 0.3) is 0 Å². The first-order chi connectivity index (χ1) is 9.15. The third kappa shape index (κ3) is 4.60. The van der Waals surface area contributed by atoms with E-state index in [2.05, 4.69) is 21.2 Å². The fourth-order valence-corrected chi connectivity index (χ4v) is 2.33. The number of rotatable bonds is 4. The minimum absolute atomic E-state index is 0.144. The van der Waals surface area contributed by atoms with Crippen molar-refractivity contribution in [2.24, 2.45) is 0 Å². The smallest absolute Gasteiger partial charge is 0.224 e. The second-order valence-corrected chi connectivity index (χ2v) is 5.72. The molecule has 1 aliphatic heterocycles. The summed E-state index contributed by atoms with van der Waals surface area (Å²) < 4.78 is 6.41. The van der Waals surface area contributed by atoms with Crippen molar-refractivity contribution in [3.63, 3.8) is 0 Å². The Kier molecular flexibility index (Phi) is 5.36. The molecule has 1 saturated heterocycles. The minimum atomic E-state index is 0.144. The SMILES string of the molecule is CN(Cc1ccc(Br)cc1)C(=O)CC1COCCN1. The summed E-state index contributed by atoms with van der Waals surface area (Å²) in [6.45, 7) is 2.82. The van der Waals surface area contributed by atoms with Gasteiger partial charge in [-0.1, -0.05) is 28.1 Å². The number of hydrogen-bond donors (Lipinski definition) is 1. The largest absolute Gasteiger partial charge is 0.378 e. The van der Waals surface area contributed by atoms with Gasteiger partial charge in [-0.05, 0) is 17.7 Å². The Morgan fingerprint density at radius 3 is 2.84 bits per heavy atom. The summed E-state index contributed by atoms with van der Waals surface area (Å²) in [6, 6.07) is 8.17. The number of nitrogens with one attached hydrogen (secondary N) is 1. The molecule has 2 rings (SSSR count). The monoisotopic (exact) mass is 326 g/mol. The van der Waals surface area contributed by atoms with Crippen LogP contribution in [0.5, 0.6) is 0 Å². The molecule has 0 bridgehead atoms. The van der Waals surface area contributed by atoms with Gasteiger partial charge in [0.25, 0.3) is 0 Å². The van der Waals surface area contributed by atoms with Crippen LogP contribution in [0.1, 0.15) is 12.0 Å². The lowest BCUT2D eigenvalue weighted by Gasteiger charge is -2.25. The average molecular weight is 327 g/mol. The molecule has 4 nitrogen and oxygen atoms in total. The molecule has 1 N–H and O–H groups in total. The summed E-state index contributed by atoms with van der Waals surface area (Å²) in [7, 11) is 1.84. The van der Waals surface area contributed by atoms with Crippen molar-refractivity contribution < 1.29 is 9.53 Å². The maximum absolute atomic E-state index is 12.1. The van der Waals surface area contributed by atoms with Gasteiger partial charge < -0.3 is 15.0 Å². The van der Waals surface area contributed by atoms with Crippen LogP contribution in [0.15, 0.2) is 28.7 Å². The van der Waals surface area contributed by atoms with Crippen molar-refractivity contribution in [1.29, 1.82) is 0 Å². The van der Waals surface area contributed by atoms with Gasteiger partial charge in [0.05, 0.1) is 13.2 Å². The summed E-state index contributed by atoms with van der Waals surface area (Å²) in [5, 5.41) is 3.30. The fourth-order valence-electron chi connectivity index (χ4n) is 2.07. The first kappa shape index (κ1) is 14.5. The fraction of sp³-hybridized carbons (Fsp3) is 0.500. The molecule has 1 unspecified atom stereocenters. The lowest BCUT2D eigenvalue weighted by molar-refractivity contribution is -0.131. The molecular formula is C14H19BrN2O2. The first-order valence-corrected chi connectivity index (χ1v) is 7.24. The highest BCUT2D eigenvalue weighted by Gasteiger charge is 2.19. The van der Waals surface area contributed by atoms with Crippen molar-refractivity contribution in [2.75, 3.05) is 26.8 Å². The van der Waals surface area contributed by atoms with E-state index >= 15 is 0 Å². The molecule has 1 fully saturated rings. The predicted octanol–water partition coefficient (Wildman–Crippen LogP) is 1.79. The van der Waals surface area contributed by atoms with Gasteiger partial charge in [0.1, 0.15) is 0 Å². The van der Waals surface area contributed by atoms with E-state index in [9.17, 15) is 4.79 Å². The van der Waals surface area contributed by atoms with Crippen LogP contribution in [-0.2, 0) is 16.1 Å². The highest BCUT2D eigenvalue weighted by Crippen LogP contribution is 2.12. The molecule has 1 amide bonds. The molecule has 1 aliphatic rings. The molecule has 0 aliphatic carbocycles. The lowest BCUT2D eigenvalue weighted by atomic mass is 10.1. The van der Waals surface area contributed by atoms with Crippen LogP contribution < -0.4 is 5.32 Å². The molecule has 5 heteroatoms. The van der Waals surface area contributed by atoms with Crippen LogP contribution in [0.2, 0.25) is 0 Å². The number of amides is 1. The van der Waals surface area contributed by atoms with Gasteiger partial charge in [-0.15, -0.1) is 0 Å². The molecule has 0 aromatic heterocycles. The van der Waals surface area contributed by atoms with Crippen molar-refractivity contribution in [1.82, 2.24) is 10.2 Å². The van der Waals surface area contributed by atoms with E-state index in [0.29, 0.717) is 19.6 Å². The van der Waals surface area contributed by atoms with Crippen LogP contribution in [-0.4, -0.2) is 43.7 Å². The molecule has 1 heterocycles. The van der Waals surface area contributed by atoms with Crippen LogP contribution >= 0.6 is 15.9 Å². The molecule has 1 aromatic rings. The summed E-state index contributed by atoms with van der Waals surface area (Å²) in [5.41, 5.74) is 1.13. The second-order valence-electron chi connectivity index (χ2n) is 4.81. The average Bonchev–Trinajstić information content (AvgIpc) is 2.42. The van der Waals surface area contributed by atoms with Gasteiger partial charge in [0, 0.05) is 37.1 Å². The molecule has 0 saturated carbocycles. The first-order valence-electron chi connectivity index (χ1n) is 6.44. The zero-order chi connectivity index (χ0) is 13.7. The Balaban J connectivity index is 1.83. The lowest BCUT2D eigenvalue weighted by Crippen LogP contribution is -2.44. The Morgan fingerprint density at radius 1 is 1.47 bits per heavy atom. The molecule has 1 atom stereocenters. The molecule has 1 aromatic carbocycles. The van der Waals surface area contributed by atoms with E-state index < -0.39 is 0 Å². The summed E-state index contributed by atoms with van der Waals surface area (Å²) in [5.74, 6) is 0.144. The van der Waals surface area contributed by atoms with Crippen LogP contribution in [0, 0.1) is 0 Å². The Morgan fingerprint density at radius 2 is 2.21 bits per heavy atom. The maximum Gasteiger partial charge on any atom is 0.224 e. The third-order valence-corrected chi connectivity index (χ3v) is 3.71. The number of carbonyl (C=O) groups is 1. The van der Waals surface area contributed by atoms with Gasteiger partial charge in [-0.25, -0.2) is 0 Å². The Bertz CT molecular complexity index is 416. The molecule has 104 valence electrons. The summed E-state index contributed by atoms with van der Waals surface area (Å²) in [6.07, 6.45) is 0.493. The van der Waals surface area contributed by atoms with E-state index in [0.717, 1.165) is 23.2 Å². The van der Waals surface area contributed by atoms with E-state index in [1.54, 1.807) is 4.90 Å². The number of ether oxygens (including phenoxy) is 1. The van der Waals surface area contributed by atoms with Gasteiger partial charge in [-0.2, -0.15) is 0 Å². The molecule has 0 radical (unpaired) electrons. The molecule has 0 spiro atoms. The van der Waals surface area contributed by atoms with Gasteiger partial charge in [0.2, 0.25) is 5.91 Å². The quantitative estimate of drug-likeness (QED) is 0.917. The van der Waals surface area contributed by atoms with Gasteiger partial charge >= 0.3 is 0 Å². The predicted molar refractivity (Wildman–Crippen MR) is 77.8 cm³/mol. The normalized spacial score (nSPS) is 19.2. The van der Waals surface area contributed by atoms with Crippen molar-refractivity contribution >= 4 is 21.8 Å². The standard InChI is InChI=1S/C14H19BrN2O2/c1-17(9-11-2-4-12(15)5-3-11)14(18)8-13-10-19-7-6-16-13/h2-5,13,16H,6-10H2,1H3. The molecule has 19 heavy (non-hydrogen) atoms. The van der Waals surface area contributed by atoms with Gasteiger partial charge in [-0.3, -0.25) is 4.79 Å². The van der Waals surface area contributed by atoms with E-state index in [4.69, 9.17) is 4.74 Å². The van der Waals surface area contributed by atoms with E-state index in [-0.39, 0.29) is 11.9 Å². The van der Waals surface area contributed by atoms with Gasteiger partial charge in [0.15, 0.2) is 0 Å². The zero-order valence-corrected chi connectivity index (χ0v) is 12.6. The third-order valence-electron chi connectivity index (χ3n) is 3.18. The Hall–Kier alpha value is -0.910. The second kappa shape index (κ2) is 7.03. The Labute approximate surface area is 122 Å². The van der Waals surface area contributed by atoms with Crippen LogP contribution in [0.3, 0.4) is 0 Å². The van der Waals surface area contributed by atoms with Crippen molar-refractivity contribution in [3.8, 4) is 0 Å². The van der Waals surface area contributed by atoms with Crippen molar-refractivity contribution in [3.05, 3.63) is 34.3 Å². The molecular weight excluding hydrogens is 308 g/mol. The van der Waals surface area contributed by atoms with E-state index in [1.165, 1.54) is 0 Å². The maximum atomic E-state index is 12.1. The van der Waals surface area contributed by atoms with E-state index in [1.807, 2.05) is 31.3 Å². The number of morpholine rings is 1. The number of benzene rings is 1. The number of nitrogens with zero attached hydrogens (tertiary/aromatic N) is 1. The zero-order valence-electron chi connectivity index (χ0n) is 11.1. The minimum Gasteiger partial charge on any atom is -0.378 e. The topological polar surface area (TPSA) is 41.6 Å². The highest BCUT2D eigenvalue weighted by atomic mass is 79.9. The summed E-state index contributed by atoms with van der Waals surface area (Å²) >= 11 is 3.40. The summed E-state index contributed by atoms with van der Waals surface area (Å²) in [4.78, 5) is 13.9. The highest BCUT2D eigenvalue weighted by molar-refractivity contribution is 9.10. The number of carbonyl (C=O) groups excluding carboxylic acids is 1. The number of hydrogen-bond acceptors (Lipinski definition) is 3.